The van der Waals surface area contributed by atoms with Crippen LogP contribution in [-0.4, -0.2) is 18.3 Å². The fourth-order valence-electron chi connectivity index (χ4n) is 21.4. The van der Waals surface area contributed by atoms with Crippen molar-refractivity contribution in [2.45, 2.75) is 45.1 Å². The van der Waals surface area contributed by atoms with Crippen LogP contribution in [0.15, 0.2) is 334 Å². The van der Waals surface area contributed by atoms with E-state index in [0.717, 1.165) is 6.54 Å². The number of aryl methyl sites for hydroxylation is 3. The third kappa shape index (κ3) is 9.05. The topological polar surface area (TPSA) is 19.7 Å². The number of rotatable bonds is 8. The minimum atomic E-state index is -0.270. The van der Waals surface area contributed by atoms with Crippen molar-refractivity contribution in [3.63, 3.8) is 0 Å². The summed E-state index contributed by atoms with van der Waals surface area (Å²) in [6.45, 7) is 10.4. The molecule has 4 heterocycles. The molecule has 18 aromatic carbocycles. The number of hydrogen-bond acceptors (Lipinski definition) is 0. The predicted molar refractivity (Wildman–Crippen MR) is 485 cm³/mol. The van der Waals surface area contributed by atoms with Crippen LogP contribution in [0.3, 0.4) is 0 Å². The lowest BCUT2D eigenvalue weighted by molar-refractivity contribution is 0.660. The van der Waals surface area contributed by atoms with Gasteiger partial charge in [-0.1, -0.05) is 270 Å². The standard InChI is InChI=1S/C110H78N4/c1-109(2)95-35-13-8-22-75(95)76-47-43-69(57-97(76)109)107-84-31-18-27-71(65-45-52-102-93(55-65)80-25-11-16-38-101(80)111(102)5)88(84)61-89-72(28-19-32-85(89)107)66-46-53-104-94(56-66)81-26-12-17-39-103(81)114(104)63-64-40-51-96-92(54-64)77-48-44-70(58-98(77)110(96,3)4)108-86-33-20-29-73(67-41-49-82-78-23-9-14-36-99(78)112(6)105(82)59-67)90(86)62-91-74(30-21-34-87(91)108)68-42-50-83-79-24-10-15-37-100(79)113(7)106(83)60-68/h8-62H,63H2,1-7H3. The lowest BCUT2D eigenvalue weighted by atomic mass is 9.80. The number of para-hydroxylation sites is 4. The molecule has 0 saturated carbocycles. The summed E-state index contributed by atoms with van der Waals surface area (Å²) in [4.78, 5) is 0. The molecular formula is C110H78N4. The highest BCUT2D eigenvalue weighted by Crippen LogP contribution is 2.55. The summed E-state index contributed by atoms with van der Waals surface area (Å²) < 4.78 is 9.61. The molecule has 4 nitrogen and oxygen atoms in total. The average Bonchev–Trinajstić information content (AvgIpc) is 1.45. The van der Waals surface area contributed by atoms with Crippen molar-refractivity contribution in [2.75, 3.05) is 0 Å². The Kier molecular flexibility index (Phi) is 13.5. The number of benzene rings is 18. The Morgan fingerprint density at radius 2 is 0.518 bits per heavy atom. The highest BCUT2D eigenvalue weighted by atomic mass is 15.0. The lowest BCUT2D eigenvalue weighted by Gasteiger charge is -2.23. The van der Waals surface area contributed by atoms with Crippen LogP contribution in [-0.2, 0) is 38.5 Å². The zero-order valence-electron chi connectivity index (χ0n) is 64.8. The van der Waals surface area contributed by atoms with Gasteiger partial charge in [0, 0.05) is 126 Å². The van der Waals surface area contributed by atoms with Crippen LogP contribution in [0.4, 0.5) is 0 Å². The predicted octanol–water partition coefficient (Wildman–Crippen LogP) is 29.0. The molecule has 0 unspecified atom stereocenters. The van der Waals surface area contributed by atoms with E-state index in [9.17, 15) is 0 Å². The van der Waals surface area contributed by atoms with E-state index in [4.69, 9.17) is 0 Å². The van der Waals surface area contributed by atoms with Gasteiger partial charge in [-0.3, -0.25) is 0 Å². The molecule has 24 rings (SSSR count). The normalized spacial score (nSPS) is 13.6. The monoisotopic (exact) mass is 1450 g/mol. The van der Waals surface area contributed by atoms with E-state index >= 15 is 0 Å². The molecular weight excluding hydrogens is 1380 g/mol. The third-order valence-electron chi connectivity index (χ3n) is 27.1. The van der Waals surface area contributed by atoms with Crippen LogP contribution < -0.4 is 0 Å². The molecule has 538 valence electrons. The highest BCUT2D eigenvalue weighted by Gasteiger charge is 2.38. The summed E-state index contributed by atoms with van der Waals surface area (Å²) in [6, 6.07) is 128. The summed E-state index contributed by atoms with van der Waals surface area (Å²) in [5, 5.41) is 20.1. The van der Waals surface area contributed by atoms with E-state index in [1.54, 1.807) is 0 Å². The van der Waals surface area contributed by atoms with Crippen molar-refractivity contribution in [3.05, 3.63) is 361 Å². The van der Waals surface area contributed by atoms with Gasteiger partial charge in [0.2, 0.25) is 0 Å². The van der Waals surface area contributed by atoms with Crippen molar-refractivity contribution in [1.82, 2.24) is 18.3 Å². The summed E-state index contributed by atoms with van der Waals surface area (Å²) >= 11 is 0. The van der Waals surface area contributed by atoms with Crippen molar-refractivity contribution >= 4 is 130 Å². The van der Waals surface area contributed by atoms with Gasteiger partial charge in [0.05, 0.1) is 0 Å². The molecule has 0 saturated heterocycles. The molecule has 0 amide bonds. The van der Waals surface area contributed by atoms with Gasteiger partial charge in [-0.05, 0) is 251 Å². The molecule has 114 heavy (non-hydrogen) atoms. The third-order valence-corrected chi connectivity index (χ3v) is 27.1. The summed E-state index contributed by atoms with van der Waals surface area (Å²) in [7, 11) is 6.60. The maximum absolute atomic E-state index is 2.57. The number of nitrogens with zero attached hydrogens (tertiary/aromatic N) is 4. The first-order valence-corrected chi connectivity index (χ1v) is 40.2. The Labute approximate surface area is 660 Å². The van der Waals surface area contributed by atoms with Gasteiger partial charge >= 0.3 is 0 Å². The Morgan fingerprint density at radius 1 is 0.193 bits per heavy atom. The number of aromatic nitrogens is 4. The zero-order chi connectivity index (χ0) is 75.9. The Morgan fingerprint density at radius 3 is 1.02 bits per heavy atom. The molecule has 0 fully saturated rings. The van der Waals surface area contributed by atoms with Gasteiger partial charge in [-0.25, -0.2) is 0 Å². The quantitative estimate of drug-likeness (QED) is 0.135. The van der Waals surface area contributed by atoms with Crippen LogP contribution in [0, 0.1) is 0 Å². The van der Waals surface area contributed by atoms with Gasteiger partial charge < -0.3 is 18.3 Å². The maximum Gasteiger partial charge on any atom is 0.0494 e. The second-order valence-corrected chi connectivity index (χ2v) is 33.6. The van der Waals surface area contributed by atoms with Gasteiger partial charge in [-0.2, -0.15) is 0 Å². The Hall–Kier alpha value is -13.8. The van der Waals surface area contributed by atoms with Crippen molar-refractivity contribution in [2.24, 2.45) is 21.1 Å². The molecule has 4 aromatic heterocycles. The van der Waals surface area contributed by atoms with Crippen LogP contribution in [0.1, 0.15) is 55.5 Å². The molecule has 0 aliphatic heterocycles. The molecule has 0 N–H and O–H groups in total. The summed E-state index contributed by atoms with van der Waals surface area (Å²) in [5.41, 5.74) is 36.2. The average molecular weight is 1460 g/mol. The van der Waals surface area contributed by atoms with E-state index in [0.29, 0.717) is 0 Å². The molecule has 0 spiro atoms. The van der Waals surface area contributed by atoms with Gasteiger partial charge in [0.25, 0.3) is 0 Å². The Balaban J connectivity index is 0.633. The minimum absolute atomic E-state index is 0.155. The summed E-state index contributed by atoms with van der Waals surface area (Å²) in [5.74, 6) is 0. The van der Waals surface area contributed by atoms with Gasteiger partial charge in [0.1, 0.15) is 0 Å². The van der Waals surface area contributed by atoms with Crippen LogP contribution >= 0.6 is 0 Å². The van der Waals surface area contributed by atoms with E-state index in [-0.39, 0.29) is 10.8 Å². The SMILES string of the molecule is Cn1c2ccccc2c2cc(-c3cccc4c(-c5ccc6c(c5)C(C)(C)c5ccccc5-6)c5cccc(-c6ccc7c(c6)c6ccccc6n7Cc6ccc7c(c6)-c6ccc(-c8c9cccc(-c%10ccc%11c%12ccccc%12n(C)c%11c%10)c9cc9c(-c%10ccc%11c%12ccccc%12n(C)c%11c%10)cccc89)cc6C7(C)C)c5cc34)ccc21. The van der Waals surface area contributed by atoms with Crippen LogP contribution in [0.5, 0.6) is 0 Å². The van der Waals surface area contributed by atoms with Crippen LogP contribution in [0.2, 0.25) is 0 Å². The van der Waals surface area contributed by atoms with E-state index in [2.05, 4.69) is 401 Å². The number of fused-ring (bicyclic) bond motifs is 22. The number of hydrogen-bond donors (Lipinski definition) is 0. The van der Waals surface area contributed by atoms with Crippen molar-refractivity contribution in [1.29, 1.82) is 0 Å². The molecule has 2 aliphatic carbocycles. The van der Waals surface area contributed by atoms with E-state index < -0.39 is 0 Å². The minimum Gasteiger partial charge on any atom is -0.344 e. The van der Waals surface area contributed by atoms with Crippen molar-refractivity contribution in [3.8, 4) is 89.0 Å². The first-order chi connectivity index (χ1) is 55.8. The van der Waals surface area contributed by atoms with Gasteiger partial charge in [0.15, 0.2) is 0 Å². The fourth-order valence-corrected chi connectivity index (χ4v) is 21.4. The molecule has 0 atom stereocenters. The van der Waals surface area contributed by atoms with Crippen LogP contribution in [0.25, 0.3) is 219 Å². The zero-order valence-corrected chi connectivity index (χ0v) is 64.8. The summed E-state index contributed by atoms with van der Waals surface area (Å²) in [6.07, 6.45) is 0. The molecule has 0 radical (unpaired) electrons. The van der Waals surface area contributed by atoms with Gasteiger partial charge in [-0.15, -0.1) is 0 Å². The second kappa shape index (κ2) is 23.6. The van der Waals surface area contributed by atoms with E-state index in [1.165, 1.54) is 247 Å². The fraction of sp³-hybridized carbons (Fsp3) is 0.0909. The largest absolute Gasteiger partial charge is 0.344 e. The highest BCUT2D eigenvalue weighted by molar-refractivity contribution is 6.23. The van der Waals surface area contributed by atoms with E-state index in [1.807, 2.05) is 0 Å². The molecule has 22 aromatic rings. The molecule has 2 aliphatic rings. The lowest BCUT2D eigenvalue weighted by Crippen LogP contribution is -2.15. The smallest absolute Gasteiger partial charge is 0.0494 e. The first-order valence-electron chi connectivity index (χ1n) is 40.2. The first kappa shape index (κ1) is 65.0. The molecule has 4 heteroatoms. The second-order valence-electron chi connectivity index (χ2n) is 33.6. The van der Waals surface area contributed by atoms with Crippen molar-refractivity contribution < 1.29 is 0 Å². The maximum atomic E-state index is 2.57. The molecule has 0 bridgehead atoms. The Bertz CT molecular complexity index is 7870.